The Morgan fingerprint density at radius 2 is 1.64 bits per heavy atom. The molecule has 3 aliphatic rings. The highest BCUT2D eigenvalue weighted by atomic mass is 28.3. The summed E-state index contributed by atoms with van der Waals surface area (Å²) >= 11 is 0. The van der Waals surface area contributed by atoms with Crippen LogP contribution in [0, 0.1) is 17.8 Å². The second-order valence-electron chi connectivity index (χ2n) is 15.4. The lowest BCUT2D eigenvalue weighted by Gasteiger charge is -2.55. The molecule has 4 rings (SSSR count). The fourth-order valence-electron chi connectivity index (χ4n) is 9.92. The molecule has 1 aromatic carbocycles. The summed E-state index contributed by atoms with van der Waals surface area (Å²) in [7, 11) is 7.11. The van der Waals surface area contributed by atoms with Crippen LogP contribution in [-0.4, -0.2) is 51.3 Å². The van der Waals surface area contributed by atoms with Gasteiger partial charge in [0.25, 0.3) is 0 Å². The molecule has 4 atom stereocenters. The van der Waals surface area contributed by atoms with Gasteiger partial charge in [-0.05, 0) is 97.7 Å². The molecule has 39 heavy (non-hydrogen) atoms. The summed E-state index contributed by atoms with van der Waals surface area (Å²) in [5.41, 5.74) is 7.25. The summed E-state index contributed by atoms with van der Waals surface area (Å²) in [6.07, 6.45) is 14.5. The highest BCUT2D eigenvalue weighted by Gasteiger charge is 2.58. The van der Waals surface area contributed by atoms with Crippen LogP contribution in [0.5, 0.6) is 5.75 Å². The fourth-order valence-corrected chi connectivity index (χ4v) is 16.3. The zero-order valence-electron chi connectivity index (χ0n) is 27.4. The van der Waals surface area contributed by atoms with Crippen LogP contribution in [0.15, 0.2) is 35.9 Å². The van der Waals surface area contributed by atoms with E-state index in [4.69, 9.17) is 4.74 Å². The molecule has 0 heterocycles. The first-order valence-corrected chi connectivity index (χ1v) is 18.9. The number of quaternary nitrogens is 1. The smallest absolute Gasteiger partial charge is 0.191 e. The predicted octanol–water partition coefficient (Wildman–Crippen LogP) is 9.22. The molecule has 0 aliphatic heterocycles. The van der Waals surface area contributed by atoms with Crippen molar-refractivity contribution >= 4 is 13.8 Å². The van der Waals surface area contributed by atoms with Gasteiger partial charge in [-0.2, -0.15) is 4.67 Å². The van der Waals surface area contributed by atoms with Crippen molar-refractivity contribution in [2.75, 3.05) is 28.3 Å². The third-order valence-corrected chi connectivity index (χ3v) is 15.2. The minimum Gasteiger partial charge on any atom is -0.497 e. The highest BCUT2D eigenvalue weighted by Crippen LogP contribution is 2.63. The van der Waals surface area contributed by atoms with E-state index in [-0.39, 0.29) is 11.0 Å². The third kappa shape index (κ3) is 5.23. The number of allylic oxidation sites excluding steroid dienone is 4. The minimum atomic E-state index is -1.87. The number of benzene rings is 1. The van der Waals surface area contributed by atoms with E-state index < -0.39 is 8.24 Å². The zero-order valence-corrected chi connectivity index (χ0v) is 28.4. The van der Waals surface area contributed by atoms with E-state index in [1.165, 1.54) is 50.5 Å². The standard InChI is InChI=1S/C35H59N2OSi/c1-13-15-19-35(20-16-14-2)31-23-27(38-10)17-18-28(31)30-22-26-21-25(3)33(29(26)24-32(30)35)39(11,12)36(34(4,5)6)37(7,8)9/h17-18,22-26,29,33H,13-16,19-21H2,1-12H3/q+1. The topological polar surface area (TPSA) is 12.5 Å². The van der Waals surface area contributed by atoms with Crippen LogP contribution in [0.25, 0.3) is 5.57 Å². The second-order valence-corrected chi connectivity index (χ2v) is 19.8. The number of methoxy groups -OCH3 is 1. The molecule has 3 aliphatic carbocycles. The Bertz CT molecular complexity index is 1080. The van der Waals surface area contributed by atoms with Gasteiger partial charge in [0.1, 0.15) is 5.75 Å². The number of rotatable bonds is 10. The van der Waals surface area contributed by atoms with Gasteiger partial charge in [0.15, 0.2) is 8.24 Å². The average molecular weight is 552 g/mol. The zero-order chi connectivity index (χ0) is 29.0. The number of fused-ring (bicyclic) bond motifs is 4. The lowest BCUT2D eigenvalue weighted by Crippen LogP contribution is -2.72. The van der Waals surface area contributed by atoms with Gasteiger partial charge in [0.2, 0.25) is 0 Å². The van der Waals surface area contributed by atoms with E-state index in [0.717, 1.165) is 21.8 Å². The number of unbranched alkanes of at least 4 members (excludes halogenated alkanes) is 2. The third-order valence-electron chi connectivity index (χ3n) is 10.3. The van der Waals surface area contributed by atoms with Crippen LogP contribution in [0.4, 0.5) is 0 Å². The fraction of sp³-hybridized carbons (Fsp3) is 0.714. The van der Waals surface area contributed by atoms with E-state index >= 15 is 0 Å². The molecule has 0 radical (unpaired) electrons. The molecule has 1 saturated carbocycles. The van der Waals surface area contributed by atoms with E-state index in [1.807, 2.05) is 7.11 Å². The van der Waals surface area contributed by atoms with Crippen LogP contribution in [0.1, 0.15) is 97.6 Å². The van der Waals surface area contributed by atoms with E-state index in [2.05, 4.69) is 111 Å². The van der Waals surface area contributed by atoms with Gasteiger partial charge in [0.05, 0.1) is 33.8 Å². The maximum Gasteiger partial charge on any atom is 0.191 e. The van der Waals surface area contributed by atoms with E-state index in [0.29, 0.717) is 11.8 Å². The van der Waals surface area contributed by atoms with Crippen LogP contribution < -0.4 is 4.74 Å². The van der Waals surface area contributed by atoms with Gasteiger partial charge >= 0.3 is 0 Å². The van der Waals surface area contributed by atoms with Crippen LogP contribution >= 0.6 is 0 Å². The molecule has 0 bridgehead atoms. The number of hydrogen-bond acceptors (Lipinski definition) is 2. The van der Waals surface area contributed by atoms with E-state index in [1.54, 1.807) is 16.7 Å². The van der Waals surface area contributed by atoms with Gasteiger partial charge in [0, 0.05) is 5.41 Å². The summed E-state index contributed by atoms with van der Waals surface area (Å²) in [6.45, 7) is 19.9. The molecule has 1 fully saturated rings. The molecule has 4 unspecified atom stereocenters. The van der Waals surface area contributed by atoms with Gasteiger partial charge < -0.3 is 4.74 Å². The molecule has 1 aromatic rings. The molecule has 3 nitrogen and oxygen atoms in total. The number of hydrogen-bond donors (Lipinski definition) is 0. The van der Waals surface area contributed by atoms with Gasteiger partial charge in [-0.1, -0.05) is 77.8 Å². The number of nitrogens with zero attached hydrogens (tertiary/aromatic N) is 2. The van der Waals surface area contributed by atoms with Gasteiger partial charge in [-0.25, -0.2) is 0 Å². The quantitative estimate of drug-likeness (QED) is 0.163. The maximum atomic E-state index is 5.79. The molecule has 0 saturated heterocycles. The molecular weight excluding hydrogens is 492 g/mol. The molecule has 4 heteroatoms. The first kappa shape index (κ1) is 30.6. The molecule has 218 valence electrons. The van der Waals surface area contributed by atoms with Crippen molar-refractivity contribution in [2.24, 2.45) is 17.8 Å². The van der Waals surface area contributed by atoms with Crippen molar-refractivity contribution in [1.82, 2.24) is 4.67 Å². The van der Waals surface area contributed by atoms with E-state index in [9.17, 15) is 0 Å². The summed E-state index contributed by atoms with van der Waals surface area (Å²) < 4.78 is 9.61. The molecule has 0 spiro atoms. The Balaban J connectivity index is 1.89. The monoisotopic (exact) mass is 551 g/mol. The molecule has 0 amide bonds. The summed E-state index contributed by atoms with van der Waals surface area (Å²) in [6, 6.07) is 6.96. The van der Waals surface area contributed by atoms with Crippen molar-refractivity contribution in [1.29, 1.82) is 0 Å². The van der Waals surface area contributed by atoms with Crippen LogP contribution in [0.3, 0.4) is 0 Å². The van der Waals surface area contributed by atoms with Crippen molar-refractivity contribution < 1.29 is 9.33 Å². The van der Waals surface area contributed by atoms with Crippen molar-refractivity contribution in [2.45, 2.75) is 116 Å². The van der Waals surface area contributed by atoms with Crippen molar-refractivity contribution in [3.63, 3.8) is 0 Å². The van der Waals surface area contributed by atoms with Crippen LogP contribution in [-0.2, 0) is 5.41 Å². The van der Waals surface area contributed by atoms with Gasteiger partial charge in [-0.15, -0.1) is 0 Å². The Morgan fingerprint density at radius 1 is 1.03 bits per heavy atom. The SMILES string of the molecule is CCCCC1(CCCC)C2=CC3C(C=C2c2ccc(OC)cc21)CC(C)C3[Si](C)(C)N(C(C)(C)C)[N+](C)(C)C. The highest BCUT2D eigenvalue weighted by molar-refractivity contribution is 6.76. The first-order valence-electron chi connectivity index (χ1n) is 15.9. The summed E-state index contributed by atoms with van der Waals surface area (Å²) in [5, 5.41) is 0. The Morgan fingerprint density at radius 3 is 2.15 bits per heavy atom. The maximum absolute atomic E-state index is 5.79. The Hall–Kier alpha value is -1.36. The van der Waals surface area contributed by atoms with Crippen LogP contribution in [0.2, 0.25) is 18.6 Å². The lowest BCUT2D eigenvalue weighted by molar-refractivity contribution is -0.978. The normalized spacial score (nSPS) is 26.2. The average Bonchev–Trinajstić information content (AvgIpc) is 3.29. The molecule has 0 aromatic heterocycles. The number of ether oxygens (including phenoxy) is 1. The van der Waals surface area contributed by atoms with Gasteiger partial charge in [-0.3, -0.25) is 4.59 Å². The largest absolute Gasteiger partial charge is 0.497 e. The minimum absolute atomic E-state index is 0.124. The summed E-state index contributed by atoms with van der Waals surface area (Å²) in [4.78, 5) is 0. The predicted molar refractivity (Wildman–Crippen MR) is 171 cm³/mol. The Kier molecular flexibility index (Phi) is 8.47. The molecule has 0 N–H and O–H groups in total. The first-order chi connectivity index (χ1) is 18.1. The van der Waals surface area contributed by atoms with Crippen molar-refractivity contribution in [3.8, 4) is 5.75 Å². The lowest BCUT2D eigenvalue weighted by atomic mass is 9.68. The van der Waals surface area contributed by atoms with Crippen molar-refractivity contribution in [3.05, 3.63) is 47.1 Å². The molecular formula is C35H59N2OSi+. The Labute approximate surface area is 242 Å². The second kappa shape index (κ2) is 10.8. The summed E-state index contributed by atoms with van der Waals surface area (Å²) in [5.74, 6) is 3.03.